The highest BCUT2D eigenvalue weighted by Crippen LogP contribution is 2.33. The number of carbonyl (C=O) groups excluding carboxylic acids is 8. The Kier molecular flexibility index (Phi) is 13.8. The van der Waals surface area contributed by atoms with E-state index in [1.807, 2.05) is 12.1 Å². The second kappa shape index (κ2) is 21.1. The number of amides is 6. The van der Waals surface area contributed by atoms with Crippen molar-refractivity contribution in [1.82, 2.24) is 79.7 Å². The molecule has 386 valence electrons. The van der Waals surface area contributed by atoms with E-state index in [0.717, 1.165) is 0 Å². The summed E-state index contributed by atoms with van der Waals surface area (Å²) in [7, 11) is 2.78. The summed E-state index contributed by atoms with van der Waals surface area (Å²) in [6, 6.07) is 17.6. The molecule has 0 saturated carbocycles. The second-order valence-corrected chi connectivity index (χ2v) is 17.3. The molecule has 0 radical (unpaired) electrons. The smallest absolute Gasteiger partial charge is 0.295 e. The van der Waals surface area contributed by atoms with Crippen molar-refractivity contribution in [3.8, 4) is 23.1 Å². The van der Waals surface area contributed by atoms with Gasteiger partial charge in [0.05, 0.1) is 59.5 Å². The topological polar surface area (TPSA) is 311 Å². The van der Waals surface area contributed by atoms with Crippen molar-refractivity contribution in [2.45, 2.75) is 0 Å². The third-order valence-electron chi connectivity index (χ3n) is 12.9. The number of aromatic amines is 2. The zero-order chi connectivity index (χ0) is 53.0. The maximum Gasteiger partial charge on any atom is 0.295 e. The molecule has 26 heteroatoms. The maximum absolute atomic E-state index is 13.7. The molecule has 0 aliphatic carbocycles. The molecule has 0 spiro atoms. The standard InChI is InChI=1S/C50H46N16O10/c1-75-33-25-55-43(37-35(33)31(23-53-37)39(67)49(73)63-19-15-61(16-20-63)47(71)29-9-5-3-6-10-29)65-27-57-41(59-65)45(69)51-13-14-52-46(70)42-58-28-66(60-42)44-38-36(34(76-2)26-56-44)32(24-54-38)40(68)50(74)64-21-17-62(18-22-64)48(72)30-11-7-4-8-12-30/h3-12,23-28,53-54H,13-22H2,1-2H3,(H,51,69)(H,52,70). The van der Waals surface area contributed by atoms with Crippen molar-refractivity contribution in [2.75, 3.05) is 79.7 Å². The summed E-state index contributed by atoms with van der Waals surface area (Å²) in [5.41, 5.74) is 1.68. The van der Waals surface area contributed by atoms with Gasteiger partial charge in [0.25, 0.3) is 47.0 Å². The Morgan fingerprint density at radius 2 is 0.882 bits per heavy atom. The van der Waals surface area contributed by atoms with Gasteiger partial charge >= 0.3 is 0 Å². The van der Waals surface area contributed by atoms with Gasteiger partial charge in [0, 0.05) is 89.0 Å². The number of piperazine rings is 2. The molecule has 10 rings (SSSR count). The molecule has 2 aliphatic heterocycles. The number of pyridine rings is 2. The van der Waals surface area contributed by atoms with Crippen LogP contribution < -0.4 is 20.1 Å². The molecule has 6 aromatic heterocycles. The summed E-state index contributed by atoms with van der Waals surface area (Å²) in [5.74, 6) is -4.57. The van der Waals surface area contributed by atoms with Gasteiger partial charge in [-0.3, -0.25) is 38.4 Å². The van der Waals surface area contributed by atoms with Crippen molar-refractivity contribution >= 4 is 68.8 Å². The first-order valence-electron chi connectivity index (χ1n) is 23.8. The number of fused-ring (bicyclic) bond motifs is 2. The van der Waals surface area contributed by atoms with E-state index in [-0.39, 0.29) is 145 Å². The van der Waals surface area contributed by atoms with E-state index < -0.39 is 35.2 Å². The summed E-state index contributed by atoms with van der Waals surface area (Å²) < 4.78 is 13.5. The molecule has 0 atom stereocenters. The second-order valence-electron chi connectivity index (χ2n) is 17.3. The third kappa shape index (κ3) is 9.51. The molecule has 4 N–H and O–H groups in total. The quantitative estimate of drug-likeness (QED) is 0.0635. The van der Waals surface area contributed by atoms with Crippen LogP contribution in [0.2, 0.25) is 0 Å². The van der Waals surface area contributed by atoms with Crippen LogP contribution in [0.25, 0.3) is 33.4 Å². The fourth-order valence-corrected chi connectivity index (χ4v) is 8.94. The Labute approximate surface area is 430 Å². The van der Waals surface area contributed by atoms with Crippen LogP contribution in [-0.4, -0.2) is 196 Å². The Morgan fingerprint density at radius 1 is 0.513 bits per heavy atom. The molecule has 26 nitrogen and oxygen atoms in total. The minimum atomic E-state index is -0.798. The van der Waals surface area contributed by atoms with Gasteiger partial charge in [0.15, 0.2) is 11.6 Å². The number of ether oxygens (including phenoxy) is 2. The molecule has 8 aromatic rings. The highest BCUT2D eigenvalue weighted by molar-refractivity contribution is 6.46. The fourth-order valence-electron chi connectivity index (χ4n) is 8.94. The van der Waals surface area contributed by atoms with E-state index in [4.69, 9.17) is 9.47 Å². The summed E-state index contributed by atoms with van der Waals surface area (Å²) in [4.78, 5) is 136. The van der Waals surface area contributed by atoms with E-state index in [9.17, 15) is 38.4 Å². The number of nitrogens with zero attached hydrogens (tertiary/aromatic N) is 12. The van der Waals surface area contributed by atoms with Crippen LogP contribution in [0.4, 0.5) is 0 Å². The molecule has 6 amide bonds. The van der Waals surface area contributed by atoms with E-state index in [0.29, 0.717) is 11.1 Å². The Morgan fingerprint density at radius 3 is 1.25 bits per heavy atom. The molecule has 0 bridgehead atoms. The Bertz CT molecular complexity index is 3340. The van der Waals surface area contributed by atoms with Gasteiger partial charge < -0.3 is 49.7 Å². The molecule has 2 aliphatic rings. The summed E-state index contributed by atoms with van der Waals surface area (Å²) >= 11 is 0. The number of methoxy groups -OCH3 is 2. The van der Waals surface area contributed by atoms with Gasteiger partial charge in [-0.1, -0.05) is 36.4 Å². The van der Waals surface area contributed by atoms with Gasteiger partial charge in [0.1, 0.15) is 24.2 Å². The highest BCUT2D eigenvalue weighted by Gasteiger charge is 2.34. The number of H-pyrrole nitrogens is 2. The number of nitrogens with one attached hydrogen (secondary N) is 4. The average molecular weight is 1030 g/mol. The van der Waals surface area contributed by atoms with Crippen LogP contribution >= 0.6 is 0 Å². The molecule has 2 aromatic carbocycles. The van der Waals surface area contributed by atoms with Crippen LogP contribution in [0, 0.1) is 0 Å². The van der Waals surface area contributed by atoms with Crippen molar-refractivity contribution in [1.29, 1.82) is 0 Å². The Balaban J connectivity index is 0.736. The number of aromatic nitrogens is 10. The van der Waals surface area contributed by atoms with Crippen molar-refractivity contribution < 1.29 is 47.8 Å². The van der Waals surface area contributed by atoms with E-state index in [1.54, 1.807) is 58.3 Å². The van der Waals surface area contributed by atoms with E-state index in [1.165, 1.54) is 70.8 Å². The lowest BCUT2D eigenvalue weighted by molar-refractivity contribution is -0.128. The summed E-state index contributed by atoms with van der Waals surface area (Å²) in [6.45, 7) is 1.57. The number of hydrogen-bond donors (Lipinski definition) is 4. The third-order valence-corrected chi connectivity index (χ3v) is 12.9. The highest BCUT2D eigenvalue weighted by atomic mass is 16.5. The molecule has 2 fully saturated rings. The van der Waals surface area contributed by atoms with Crippen LogP contribution in [0.3, 0.4) is 0 Å². The van der Waals surface area contributed by atoms with Gasteiger partial charge in [0.2, 0.25) is 11.6 Å². The van der Waals surface area contributed by atoms with Gasteiger partial charge in [-0.15, -0.1) is 10.2 Å². The van der Waals surface area contributed by atoms with Gasteiger partial charge in [-0.2, -0.15) is 9.36 Å². The monoisotopic (exact) mass is 1030 g/mol. The predicted octanol–water partition coefficient (Wildman–Crippen LogP) is 1.11. The van der Waals surface area contributed by atoms with E-state index in [2.05, 4.69) is 50.7 Å². The Hall–Kier alpha value is -10.1. The minimum absolute atomic E-state index is 0.0271. The molecule has 0 unspecified atom stereocenters. The lowest BCUT2D eigenvalue weighted by Gasteiger charge is -2.34. The number of carbonyl (C=O) groups is 8. The number of benzene rings is 2. The first-order valence-corrected chi connectivity index (χ1v) is 23.8. The van der Waals surface area contributed by atoms with Crippen LogP contribution in [-0.2, 0) is 9.59 Å². The van der Waals surface area contributed by atoms with Gasteiger partial charge in [-0.25, -0.2) is 19.9 Å². The van der Waals surface area contributed by atoms with Crippen molar-refractivity contribution in [3.63, 3.8) is 0 Å². The lowest BCUT2D eigenvalue weighted by atomic mass is 10.1. The zero-order valence-corrected chi connectivity index (χ0v) is 40.8. The zero-order valence-electron chi connectivity index (χ0n) is 40.8. The molecule has 2 saturated heterocycles. The van der Waals surface area contributed by atoms with Crippen molar-refractivity contribution in [3.05, 3.63) is 132 Å². The first-order chi connectivity index (χ1) is 36.9. The van der Waals surface area contributed by atoms with Crippen LogP contribution in [0.5, 0.6) is 11.5 Å². The average Bonchev–Trinajstić information content (AvgIpc) is 4.35. The van der Waals surface area contributed by atoms with E-state index >= 15 is 0 Å². The SMILES string of the molecule is COc1cnc(-n2cnc(C(=O)NCCNC(=O)c3ncn(-c4ncc(OC)c5c(C(=O)C(=O)N6CCN(C(=O)c7ccccc7)CC6)c[nH]c45)n3)n2)c2[nH]cc(C(=O)C(=O)N3CCN(C(=O)c4ccccc4)CC3)c12. The predicted molar refractivity (Wildman–Crippen MR) is 266 cm³/mol. The largest absolute Gasteiger partial charge is 0.494 e. The molecular formula is C50H46N16O10. The summed E-state index contributed by atoms with van der Waals surface area (Å²) in [5, 5.41) is 14.3. The number of ketones is 2. The lowest BCUT2D eigenvalue weighted by Crippen LogP contribution is -2.52. The molecule has 8 heterocycles. The maximum atomic E-state index is 13.7. The van der Waals surface area contributed by atoms with Gasteiger partial charge in [-0.05, 0) is 24.3 Å². The molecular weight excluding hydrogens is 985 g/mol. The summed E-state index contributed by atoms with van der Waals surface area (Å²) in [6.07, 6.45) is 7.93. The number of Topliss-reactive ketones (excluding diaryl/α,β-unsaturated/α-hetero) is 2. The first kappa shape index (κ1) is 49.4. The van der Waals surface area contributed by atoms with Crippen LogP contribution in [0.15, 0.2) is 98.1 Å². The molecule has 76 heavy (non-hydrogen) atoms. The number of hydrogen-bond acceptors (Lipinski definition) is 16. The van der Waals surface area contributed by atoms with Crippen molar-refractivity contribution in [2.24, 2.45) is 0 Å². The number of rotatable bonds is 15. The normalized spacial score (nSPS) is 13.7. The fraction of sp³-hybridized carbons (Fsp3) is 0.240. The van der Waals surface area contributed by atoms with Crippen LogP contribution in [0.1, 0.15) is 62.7 Å². The minimum Gasteiger partial charge on any atom is -0.494 e.